The van der Waals surface area contributed by atoms with E-state index in [1.807, 2.05) is 110 Å². The number of hydrogen-bond donors (Lipinski definition) is 0. The van der Waals surface area contributed by atoms with Gasteiger partial charge >= 0.3 is 30.8 Å². The van der Waals surface area contributed by atoms with Crippen LogP contribution in [0, 0.1) is 12.8 Å². The summed E-state index contributed by atoms with van der Waals surface area (Å²) in [7, 11) is 0. The predicted octanol–water partition coefficient (Wildman–Crippen LogP) is 9.26. The minimum absolute atomic E-state index is 0. The minimum atomic E-state index is -0.800. The zero-order chi connectivity index (χ0) is 39.2. The molecule has 0 radical (unpaired) electrons. The van der Waals surface area contributed by atoms with Gasteiger partial charge in [0, 0.05) is 16.7 Å². The van der Waals surface area contributed by atoms with Crippen LogP contribution in [0.5, 0.6) is 11.5 Å². The Morgan fingerprint density at radius 2 is 1.18 bits per heavy atom. The third kappa shape index (κ3) is 11.5. The zero-order valence-corrected chi connectivity index (χ0v) is 32.0. The van der Waals surface area contributed by atoms with Crippen molar-refractivity contribution in [3.63, 3.8) is 0 Å². The Morgan fingerprint density at radius 1 is 0.679 bits per heavy atom. The van der Waals surface area contributed by atoms with Crippen LogP contribution in [0.25, 0.3) is 16.9 Å². The number of para-hydroxylation sites is 1. The van der Waals surface area contributed by atoms with Crippen LogP contribution < -0.4 is 9.47 Å². The number of esters is 2. The summed E-state index contributed by atoms with van der Waals surface area (Å²) in [5, 5.41) is 5.10. The molecule has 1 aromatic heterocycles. The van der Waals surface area contributed by atoms with Crippen LogP contribution >= 0.6 is 11.6 Å². The number of Topliss-reactive ketones (excluding diaryl/α,β-unsaturated/α-hetero) is 1. The van der Waals surface area contributed by atoms with Crippen molar-refractivity contribution in [2.24, 2.45) is 5.92 Å². The molecule has 0 bridgehead atoms. The van der Waals surface area contributed by atoms with Gasteiger partial charge in [0.25, 0.3) is 0 Å². The van der Waals surface area contributed by atoms with Gasteiger partial charge in [-0.3, -0.25) is 9.59 Å². The summed E-state index contributed by atoms with van der Waals surface area (Å²) in [4.78, 5) is 36.3. The molecule has 5 aromatic carbocycles. The van der Waals surface area contributed by atoms with Crippen molar-refractivity contribution < 1.29 is 33.3 Å². The monoisotopic (exact) mass is 766 g/mol. The van der Waals surface area contributed by atoms with Gasteiger partial charge in [-0.1, -0.05) is 84.4 Å². The van der Waals surface area contributed by atoms with Gasteiger partial charge in [-0.25, -0.2) is 9.48 Å². The molecule has 1 heterocycles. The van der Waals surface area contributed by atoms with Crippen LogP contribution in [-0.4, -0.2) is 59.6 Å². The maximum absolute atomic E-state index is 12.5. The van der Waals surface area contributed by atoms with E-state index in [2.05, 4.69) is 5.10 Å². The Labute approximate surface area is 344 Å². The van der Waals surface area contributed by atoms with Gasteiger partial charge in [-0.15, -0.1) is 0 Å². The molecule has 0 spiro atoms. The van der Waals surface area contributed by atoms with Crippen LogP contribution in [0.4, 0.5) is 0 Å². The first-order valence-corrected chi connectivity index (χ1v) is 18.3. The van der Waals surface area contributed by atoms with Crippen LogP contribution in [0.3, 0.4) is 0 Å². The number of ketones is 1. The summed E-state index contributed by atoms with van der Waals surface area (Å²) in [6, 6.07) is 41.7. The number of aromatic nitrogens is 2. The van der Waals surface area contributed by atoms with E-state index < -0.39 is 17.9 Å². The molecule has 11 heteroatoms. The number of halogens is 1. The van der Waals surface area contributed by atoms with E-state index in [1.54, 1.807) is 55.8 Å². The molecule has 1 unspecified atom stereocenters. The summed E-state index contributed by atoms with van der Waals surface area (Å²) in [6.07, 6.45) is 0. The van der Waals surface area contributed by atoms with Crippen LogP contribution in [0.15, 0.2) is 133 Å². The van der Waals surface area contributed by atoms with E-state index >= 15 is 0 Å². The van der Waals surface area contributed by atoms with Gasteiger partial charge in [-0.05, 0) is 99.5 Å². The summed E-state index contributed by atoms with van der Waals surface area (Å²) in [5.74, 6) is -0.579. The molecular weight excluding hydrogens is 723 g/mol. The molecule has 56 heavy (non-hydrogen) atoms. The van der Waals surface area contributed by atoms with Crippen molar-refractivity contribution in [1.29, 1.82) is 0 Å². The Kier molecular flexibility index (Phi) is 16.6. The van der Waals surface area contributed by atoms with Crippen molar-refractivity contribution in [2.75, 3.05) is 13.2 Å². The molecule has 0 aliphatic rings. The molecule has 6 rings (SSSR count). The number of carbonyl (C=O) groups is 3. The van der Waals surface area contributed by atoms with E-state index in [4.69, 9.17) is 30.5 Å². The topological polar surface area (TPSA) is 106 Å². The van der Waals surface area contributed by atoms with Crippen molar-refractivity contribution in [2.45, 2.75) is 40.9 Å². The first-order chi connectivity index (χ1) is 26.7. The molecule has 0 amide bonds. The normalized spacial score (nSPS) is 10.9. The molecule has 0 fully saturated rings. The average Bonchev–Trinajstić information content (AvgIpc) is 3.57. The van der Waals surface area contributed by atoms with Gasteiger partial charge < -0.3 is 18.9 Å². The molecule has 1 atom stereocenters. The van der Waals surface area contributed by atoms with Crippen molar-refractivity contribution >= 4 is 48.2 Å². The van der Waals surface area contributed by atoms with Gasteiger partial charge in [0.1, 0.15) is 30.6 Å². The third-order valence-corrected chi connectivity index (χ3v) is 8.79. The number of benzene rings is 5. The van der Waals surface area contributed by atoms with E-state index in [9.17, 15) is 14.4 Å². The van der Waals surface area contributed by atoms with Gasteiger partial charge in [0.2, 0.25) is 0 Å². The molecule has 0 saturated carbocycles. The molecule has 284 valence electrons. The second kappa shape index (κ2) is 21.5. The number of ether oxygens (including phenoxy) is 4. The van der Waals surface area contributed by atoms with Gasteiger partial charge in [0.15, 0.2) is 11.5 Å². The first-order valence-electron chi connectivity index (χ1n) is 18.0. The first kappa shape index (κ1) is 43.1. The van der Waals surface area contributed by atoms with E-state index in [1.165, 1.54) is 0 Å². The summed E-state index contributed by atoms with van der Waals surface area (Å²) in [5.41, 5.74) is 5.98. The summed E-state index contributed by atoms with van der Waals surface area (Å²) < 4.78 is 23.4. The Hall–Kier alpha value is -5.59. The molecule has 6 aromatic rings. The molecule has 0 saturated heterocycles. The van der Waals surface area contributed by atoms with Gasteiger partial charge in [0.05, 0.1) is 29.6 Å². The molecule has 0 aliphatic carbocycles. The molecule has 0 N–H and O–H groups in total. The average molecular weight is 767 g/mol. The summed E-state index contributed by atoms with van der Waals surface area (Å²) >= 11 is 6.45. The second-order valence-electron chi connectivity index (χ2n) is 12.3. The van der Waals surface area contributed by atoms with Crippen LogP contribution in [-0.2, 0) is 27.5 Å². The number of hydrogen-bond acceptors (Lipinski definition) is 8. The zero-order valence-electron chi connectivity index (χ0n) is 31.2. The fraction of sp³-hybridized carbons (Fsp3) is 0.200. The predicted molar refractivity (Wildman–Crippen MR) is 220 cm³/mol. The van der Waals surface area contributed by atoms with Gasteiger partial charge in [-0.2, -0.15) is 5.10 Å². The molecular formula is C45H44ClLiN2O7. The molecule has 0 aliphatic heterocycles. The number of rotatable bonds is 14. The Morgan fingerprint density at radius 3 is 1.70 bits per heavy atom. The van der Waals surface area contributed by atoms with E-state index in [-0.39, 0.29) is 43.6 Å². The van der Waals surface area contributed by atoms with Crippen molar-refractivity contribution in [3.05, 3.63) is 166 Å². The fourth-order valence-corrected chi connectivity index (χ4v) is 5.77. The molecule has 9 nitrogen and oxygen atoms in total. The SMILES string of the molecule is CCOC(=O)C(C)C(=O)c1ccc(OCc2ccccc2)cc1.CCOC(=O)c1nn(-c2ccccc2Cl)c(-c2ccc(OCc3ccccc3)cc2)c1C.[LiH]. The van der Waals surface area contributed by atoms with Crippen molar-refractivity contribution in [3.8, 4) is 28.4 Å². The standard InChI is InChI=1S/C26H23ClN2O3.C19H20O4.Li.H/c1-3-31-26(30)24-18(2)25(29(28-24)23-12-8-7-11-22(23)27)20-13-15-21(16-14-20)32-17-19-9-5-4-6-10-19;1-3-22-19(21)14(2)18(20)16-9-11-17(12-10-16)23-13-15-7-5-4-6-8-15;;/h4-16H,3,17H2,1-2H3;4-12,14H,3,13H2,1-2H3;;. The fourth-order valence-electron chi connectivity index (χ4n) is 5.56. The quantitative estimate of drug-likeness (QED) is 0.0468. The van der Waals surface area contributed by atoms with Crippen LogP contribution in [0.2, 0.25) is 5.02 Å². The maximum atomic E-state index is 12.5. The number of nitrogens with zero attached hydrogens (tertiary/aromatic N) is 2. The Bertz CT molecular complexity index is 2180. The third-order valence-electron chi connectivity index (χ3n) is 8.47. The Balaban J connectivity index is 0.000000258. The van der Waals surface area contributed by atoms with E-state index in [0.717, 1.165) is 33.7 Å². The van der Waals surface area contributed by atoms with Crippen LogP contribution in [0.1, 0.15) is 58.3 Å². The second-order valence-corrected chi connectivity index (χ2v) is 12.7. The summed E-state index contributed by atoms with van der Waals surface area (Å²) in [6.45, 7) is 8.41. The number of carbonyl (C=O) groups excluding carboxylic acids is 3. The van der Waals surface area contributed by atoms with E-state index in [0.29, 0.717) is 35.2 Å². The van der Waals surface area contributed by atoms with Crippen molar-refractivity contribution in [1.82, 2.24) is 9.78 Å².